The fourth-order valence-electron chi connectivity index (χ4n) is 1.77. The topological polar surface area (TPSA) is 28.4 Å². The molecule has 0 saturated heterocycles. The number of nitrogens with zero attached hydrogens (tertiary/aromatic N) is 1. The minimum atomic E-state index is 0.829. The van der Waals surface area contributed by atoms with Gasteiger partial charge in [-0.3, -0.25) is 4.90 Å². The van der Waals surface area contributed by atoms with Crippen molar-refractivity contribution >= 4 is 0 Å². The van der Waals surface area contributed by atoms with Crippen molar-refractivity contribution in [3.8, 4) is 0 Å². The first kappa shape index (κ1) is 13.3. The molecule has 0 amide bonds. The molecule has 0 fully saturated rings. The van der Waals surface area contributed by atoms with Gasteiger partial charge in [0.2, 0.25) is 0 Å². The molecule has 3 heteroatoms. The summed E-state index contributed by atoms with van der Waals surface area (Å²) in [5, 5.41) is 3.28. The van der Waals surface area contributed by atoms with Crippen molar-refractivity contribution in [1.29, 1.82) is 0 Å². The van der Waals surface area contributed by atoms with E-state index in [4.69, 9.17) is 4.42 Å². The molecular weight excluding hydrogens is 200 g/mol. The van der Waals surface area contributed by atoms with Crippen LogP contribution in [0.3, 0.4) is 0 Å². The normalized spacial score (nSPS) is 11.3. The van der Waals surface area contributed by atoms with E-state index in [1.54, 1.807) is 0 Å². The van der Waals surface area contributed by atoms with E-state index in [0.29, 0.717) is 0 Å². The third kappa shape index (κ3) is 3.65. The van der Waals surface area contributed by atoms with Gasteiger partial charge in [0.15, 0.2) is 0 Å². The molecule has 3 nitrogen and oxygen atoms in total. The van der Waals surface area contributed by atoms with Crippen LogP contribution in [0, 0.1) is 6.92 Å². The molecule has 16 heavy (non-hydrogen) atoms. The fraction of sp³-hybridized carbons (Fsp3) is 0.692. The Hall–Kier alpha value is -0.800. The maximum atomic E-state index is 5.72. The van der Waals surface area contributed by atoms with Gasteiger partial charge < -0.3 is 9.73 Å². The molecular formula is C13H24N2O. The number of rotatable bonds is 7. The molecule has 1 aromatic heterocycles. The van der Waals surface area contributed by atoms with Crippen LogP contribution in [0.1, 0.15) is 37.9 Å². The molecule has 0 bridgehead atoms. The van der Waals surface area contributed by atoms with Gasteiger partial charge in [-0.2, -0.15) is 0 Å². The van der Waals surface area contributed by atoms with Gasteiger partial charge >= 0.3 is 0 Å². The van der Waals surface area contributed by atoms with Crippen molar-refractivity contribution in [3.63, 3.8) is 0 Å². The van der Waals surface area contributed by atoms with E-state index in [1.807, 2.05) is 6.92 Å². The van der Waals surface area contributed by atoms with Gasteiger partial charge in [-0.15, -0.1) is 0 Å². The summed E-state index contributed by atoms with van der Waals surface area (Å²) >= 11 is 0. The molecule has 0 radical (unpaired) electrons. The average molecular weight is 224 g/mol. The second kappa shape index (κ2) is 6.71. The number of furan rings is 1. The van der Waals surface area contributed by atoms with Crippen molar-refractivity contribution in [2.24, 2.45) is 0 Å². The van der Waals surface area contributed by atoms with Gasteiger partial charge in [0.25, 0.3) is 0 Å². The summed E-state index contributed by atoms with van der Waals surface area (Å²) in [6.45, 7) is 13.5. The molecule has 0 aromatic carbocycles. The fourth-order valence-corrected chi connectivity index (χ4v) is 1.77. The quantitative estimate of drug-likeness (QED) is 0.771. The highest BCUT2D eigenvalue weighted by molar-refractivity contribution is 5.20. The zero-order valence-corrected chi connectivity index (χ0v) is 11.0. The smallest absolute Gasteiger partial charge is 0.118 e. The molecule has 92 valence electrons. The molecule has 1 heterocycles. The van der Waals surface area contributed by atoms with E-state index in [0.717, 1.165) is 44.2 Å². The molecule has 0 atom stereocenters. The Morgan fingerprint density at radius 3 is 2.50 bits per heavy atom. The standard InChI is InChI=1S/C13H24N2O/c1-5-14-9-13-8-12(11(4)16-13)10-15(6-2)7-3/h8,14H,5-7,9-10H2,1-4H3. The molecule has 0 aliphatic rings. The second-order valence-electron chi connectivity index (χ2n) is 4.04. The van der Waals surface area contributed by atoms with E-state index in [2.05, 4.69) is 37.1 Å². The largest absolute Gasteiger partial charge is 0.465 e. The van der Waals surface area contributed by atoms with Gasteiger partial charge in [0.1, 0.15) is 11.5 Å². The molecule has 0 aliphatic heterocycles. The third-order valence-electron chi connectivity index (χ3n) is 2.91. The van der Waals surface area contributed by atoms with Gasteiger partial charge in [-0.1, -0.05) is 20.8 Å². The highest BCUT2D eigenvalue weighted by Crippen LogP contribution is 2.16. The summed E-state index contributed by atoms with van der Waals surface area (Å²) in [7, 11) is 0. The molecule has 0 aliphatic carbocycles. The van der Waals surface area contributed by atoms with Crippen molar-refractivity contribution in [2.45, 2.75) is 40.8 Å². The van der Waals surface area contributed by atoms with E-state index >= 15 is 0 Å². The number of hydrogen-bond acceptors (Lipinski definition) is 3. The molecule has 0 spiro atoms. The Morgan fingerprint density at radius 1 is 1.25 bits per heavy atom. The zero-order valence-electron chi connectivity index (χ0n) is 11.0. The summed E-state index contributed by atoms with van der Waals surface area (Å²) in [5.41, 5.74) is 1.32. The Morgan fingerprint density at radius 2 is 1.94 bits per heavy atom. The Kier molecular flexibility index (Phi) is 5.56. The second-order valence-corrected chi connectivity index (χ2v) is 4.04. The molecule has 0 saturated carbocycles. The van der Waals surface area contributed by atoms with Crippen LogP contribution in [0.2, 0.25) is 0 Å². The molecule has 0 unspecified atom stereocenters. The van der Waals surface area contributed by atoms with Crippen molar-refractivity contribution in [2.75, 3.05) is 19.6 Å². The summed E-state index contributed by atoms with van der Waals surface area (Å²) in [4.78, 5) is 2.40. The Bertz CT molecular complexity index is 303. The van der Waals surface area contributed by atoms with Crippen LogP contribution in [0.15, 0.2) is 10.5 Å². The highest BCUT2D eigenvalue weighted by atomic mass is 16.3. The minimum Gasteiger partial charge on any atom is -0.465 e. The summed E-state index contributed by atoms with van der Waals surface area (Å²) < 4.78 is 5.72. The number of aryl methyl sites for hydroxylation is 1. The monoisotopic (exact) mass is 224 g/mol. The van der Waals surface area contributed by atoms with E-state index in [9.17, 15) is 0 Å². The van der Waals surface area contributed by atoms with Gasteiger partial charge in [-0.25, -0.2) is 0 Å². The summed E-state index contributed by atoms with van der Waals surface area (Å²) in [5.74, 6) is 2.10. The van der Waals surface area contributed by atoms with Gasteiger partial charge in [0.05, 0.1) is 6.54 Å². The summed E-state index contributed by atoms with van der Waals surface area (Å²) in [6.07, 6.45) is 0. The lowest BCUT2D eigenvalue weighted by atomic mass is 10.2. The first-order valence-electron chi connectivity index (χ1n) is 6.22. The van der Waals surface area contributed by atoms with E-state index < -0.39 is 0 Å². The lowest BCUT2D eigenvalue weighted by Crippen LogP contribution is -2.22. The van der Waals surface area contributed by atoms with Crippen LogP contribution >= 0.6 is 0 Å². The SMILES string of the molecule is CCNCc1cc(CN(CC)CC)c(C)o1. The van der Waals surface area contributed by atoms with Crippen LogP contribution in [-0.4, -0.2) is 24.5 Å². The zero-order chi connectivity index (χ0) is 12.0. The predicted molar refractivity (Wildman–Crippen MR) is 67.5 cm³/mol. The minimum absolute atomic E-state index is 0.829. The van der Waals surface area contributed by atoms with Crippen molar-refractivity contribution < 1.29 is 4.42 Å². The Balaban J connectivity index is 2.62. The van der Waals surface area contributed by atoms with Crippen LogP contribution in [0.25, 0.3) is 0 Å². The number of nitrogens with one attached hydrogen (secondary N) is 1. The first-order valence-corrected chi connectivity index (χ1v) is 6.22. The van der Waals surface area contributed by atoms with Crippen LogP contribution in [0.4, 0.5) is 0 Å². The predicted octanol–water partition coefficient (Wildman–Crippen LogP) is 2.54. The maximum Gasteiger partial charge on any atom is 0.118 e. The van der Waals surface area contributed by atoms with Crippen molar-refractivity contribution in [3.05, 3.63) is 23.2 Å². The average Bonchev–Trinajstić information content (AvgIpc) is 2.64. The maximum absolute atomic E-state index is 5.72. The van der Waals surface area contributed by atoms with Crippen LogP contribution in [0.5, 0.6) is 0 Å². The molecule has 1 rings (SSSR count). The first-order chi connectivity index (χ1) is 7.71. The summed E-state index contributed by atoms with van der Waals surface area (Å²) in [6, 6.07) is 2.18. The lowest BCUT2D eigenvalue weighted by Gasteiger charge is -2.16. The van der Waals surface area contributed by atoms with Crippen molar-refractivity contribution in [1.82, 2.24) is 10.2 Å². The van der Waals surface area contributed by atoms with E-state index in [1.165, 1.54) is 5.56 Å². The number of hydrogen-bond donors (Lipinski definition) is 1. The van der Waals surface area contributed by atoms with Gasteiger partial charge in [0, 0.05) is 12.1 Å². The van der Waals surface area contributed by atoms with E-state index in [-0.39, 0.29) is 0 Å². The third-order valence-corrected chi connectivity index (χ3v) is 2.91. The van der Waals surface area contributed by atoms with Crippen LogP contribution < -0.4 is 5.32 Å². The van der Waals surface area contributed by atoms with Crippen LogP contribution in [-0.2, 0) is 13.1 Å². The van der Waals surface area contributed by atoms with Gasteiger partial charge in [-0.05, 0) is 32.6 Å². The molecule has 1 aromatic rings. The highest BCUT2D eigenvalue weighted by Gasteiger charge is 2.09. The Labute approximate surface area is 98.8 Å². The molecule has 1 N–H and O–H groups in total. The lowest BCUT2D eigenvalue weighted by molar-refractivity contribution is 0.293.